The quantitative estimate of drug-likeness (QED) is 0.513. The molecule has 0 aliphatic carbocycles. The summed E-state index contributed by atoms with van der Waals surface area (Å²) < 4.78 is 5.54. The first kappa shape index (κ1) is 19.2. The smallest absolute Gasteiger partial charge is 0.228 e. The van der Waals surface area contributed by atoms with Gasteiger partial charge in [-0.3, -0.25) is 0 Å². The Labute approximate surface area is 182 Å². The number of fused-ring (bicyclic) bond motifs is 1. The summed E-state index contributed by atoms with van der Waals surface area (Å²) in [6.45, 7) is 3.47. The summed E-state index contributed by atoms with van der Waals surface area (Å²) >= 11 is 0. The average Bonchev–Trinajstić information content (AvgIpc) is 2.85. The van der Waals surface area contributed by atoms with Gasteiger partial charge in [0.1, 0.15) is 11.6 Å². The highest BCUT2D eigenvalue weighted by molar-refractivity contribution is 5.91. The molecule has 1 aromatic heterocycles. The van der Waals surface area contributed by atoms with Gasteiger partial charge in [0.2, 0.25) is 5.95 Å². The second-order valence-electron chi connectivity index (χ2n) is 7.53. The summed E-state index contributed by atoms with van der Waals surface area (Å²) in [5.41, 5.74) is 3.09. The normalized spacial score (nSPS) is 14.0. The number of nitrogens with one attached hydrogen (secondary N) is 1. The number of benzene rings is 3. The summed E-state index contributed by atoms with van der Waals surface area (Å²) in [5.74, 6) is 2.50. The summed E-state index contributed by atoms with van der Waals surface area (Å²) in [6.07, 6.45) is 0. The molecular weight excluding hydrogens is 386 g/mol. The number of para-hydroxylation sites is 4. The molecule has 0 atom stereocenters. The predicted octanol–water partition coefficient (Wildman–Crippen LogP) is 4.71. The minimum absolute atomic E-state index is 0.761. The Kier molecular flexibility index (Phi) is 5.27. The summed E-state index contributed by atoms with van der Waals surface area (Å²) in [4.78, 5) is 14.4. The van der Waals surface area contributed by atoms with E-state index in [1.54, 1.807) is 7.11 Å². The van der Waals surface area contributed by atoms with Gasteiger partial charge in [0.15, 0.2) is 0 Å². The number of hydrogen-bond donors (Lipinski definition) is 1. The van der Waals surface area contributed by atoms with Crippen molar-refractivity contribution in [3.05, 3.63) is 78.9 Å². The van der Waals surface area contributed by atoms with Crippen LogP contribution in [-0.4, -0.2) is 43.3 Å². The van der Waals surface area contributed by atoms with E-state index in [0.717, 1.165) is 66.0 Å². The van der Waals surface area contributed by atoms with Gasteiger partial charge in [0.25, 0.3) is 0 Å². The fourth-order valence-electron chi connectivity index (χ4n) is 4.00. The summed E-state index contributed by atoms with van der Waals surface area (Å²) in [5, 5.41) is 4.49. The van der Waals surface area contributed by atoms with Crippen LogP contribution in [0, 0.1) is 0 Å². The van der Waals surface area contributed by atoms with Gasteiger partial charge in [-0.2, -0.15) is 4.98 Å². The van der Waals surface area contributed by atoms with Crippen LogP contribution in [0.3, 0.4) is 0 Å². The molecule has 0 unspecified atom stereocenters. The number of nitrogens with zero attached hydrogens (tertiary/aromatic N) is 4. The lowest BCUT2D eigenvalue weighted by Gasteiger charge is -2.36. The minimum Gasteiger partial charge on any atom is -0.495 e. The van der Waals surface area contributed by atoms with Gasteiger partial charge in [-0.05, 0) is 36.4 Å². The van der Waals surface area contributed by atoms with Crippen molar-refractivity contribution in [2.24, 2.45) is 0 Å². The number of hydrogen-bond acceptors (Lipinski definition) is 6. The number of anilines is 4. The Morgan fingerprint density at radius 1 is 0.742 bits per heavy atom. The maximum atomic E-state index is 5.54. The first-order chi connectivity index (χ1) is 15.3. The van der Waals surface area contributed by atoms with E-state index < -0.39 is 0 Å². The largest absolute Gasteiger partial charge is 0.495 e. The van der Waals surface area contributed by atoms with Crippen molar-refractivity contribution >= 4 is 34.0 Å². The highest BCUT2D eigenvalue weighted by atomic mass is 16.5. The fraction of sp³-hybridized carbons (Fsp3) is 0.200. The Hall–Kier alpha value is -3.80. The maximum absolute atomic E-state index is 5.54. The Bertz CT molecular complexity index is 1170. The van der Waals surface area contributed by atoms with Gasteiger partial charge in [0.05, 0.1) is 18.3 Å². The SMILES string of the molecule is COc1ccccc1N1CCN(c2nc(Nc3ccccc3)c3ccccc3n2)CC1. The van der Waals surface area contributed by atoms with Crippen LogP contribution >= 0.6 is 0 Å². The van der Waals surface area contributed by atoms with E-state index in [9.17, 15) is 0 Å². The number of ether oxygens (including phenoxy) is 1. The second kappa shape index (κ2) is 8.52. The van der Waals surface area contributed by atoms with E-state index in [4.69, 9.17) is 14.7 Å². The lowest BCUT2D eigenvalue weighted by molar-refractivity contribution is 0.413. The monoisotopic (exact) mass is 411 g/mol. The van der Waals surface area contributed by atoms with Crippen LogP contribution in [0.25, 0.3) is 10.9 Å². The van der Waals surface area contributed by atoms with Crippen molar-refractivity contribution in [3.8, 4) is 5.75 Å². The number of rotatable bonds is 5. The van der Waals surface area contributed by atoms with Gasteiger partial charge >= 0.3 is 0 Å². The molecule has 2 heterocycles. The van der Waals surface area contributed by atoms with Crippen molar-refractivity contribution in [1.82, 2.24) is 9.97 Å². The predicted molar refractivity (Wildman–Crippen MR) is 127 cm³/mol. The van der Waals surface area contributed by atoms with Gasteiger partial charge < -0.3 is 19.9 Å². The van der Waals surface area contributed by atoms with E-state index in [2.05, 4.69) is 33.3 Å². The molecule has 1 fully saturated rings. The Morgan fingerprint density at radius 3 is 2.23 bits per heavy atom. The third-order valence-corrected chi connectivity index (χ3v) is 5.62. The van der Waals surface area contributed by atoms with E-state index in [0.29, 0.717) is 0 Å². The van der Waals surface area contributed by atoms with Crippen LogP contribution in [0.4, 0.5) is 23.1 Å². The van der Waals surface area contributed by atoms with Crippen molar-refractivity contribution in [2.45, 2.75) is 0 Å². The van der Waals surface area contributed by atoms with E-state index >= 15 is 0 Å². The first-order valence-corrected chi connectivity index (χ1v) is 10.5. The second-order valence-corrected chi connectivity index (χ2v) is 7.53. The van der Waals surface area contributed by atoms with Crippen molar-refractivity contribution in [2.75, 3.05) is 48.4 Å². The molecule has 4 aromatic rings. The highest BCUT2D eigenvalue weighted by Gasteiger charge is 2.22. The molecule has 1 aliphatic rings. The van der Waals surface area contributed by atoms with Crippen molar-refractivity contribution in [1.29, 1.82) is 0 Å². The highest BCUT2D eigenvalue weighted by Crippen LogP contribution is 2.30. The lowest BCUT2D eigenvalue weighted by Crippen LogP contribution is -2.47. The number of methoxy groups -OCH3 is 1. The van der Waals surface area contributed by atoms with E-state index in [-0.39, 0.29) is 0 Å². The van der Waals surface area contributed by atoms with Gasteiger partial charge in [-0.15, -0.1) is 0 Å². The maximum Gasteiger partial charge on any atom is 0.228 e. The molecule has 5 rings (SSSR count). The molecule has 0 spiro atoms. The molecule has 3 aromatic carbocycles. The third-order valence-electron chi connectivity index (χ3n) is 5.62. The molecule has 31 heavy (non-hydrogen) atoms. The molecule has 6 nitrogen and oxygen atoms in total. The van der Waals surface area contributed by atoms with Gasteiger partial charge in [0, 0.05) is 37.3 Å². The van der Waals surface area contributed by atoms with Gasteiger partial charge in [-0.1, -0.05) is 42.5 Å². The summed E-state index contributed by atoms with van der Waals surface area (Å²) in [7, 11) is 1.72. The zero-order valence-corrected chi connectivity index (χ0v) is 17.5. The Morgan fingerprint density at radius 2 is 1.42 bits per heavy atom. The molecule has 1 aliphatic heterocycles. The zero-order valence-electron chi connectivity index (χ0n) is 17.5. The van der Waals surface area contributed by atoms with Crippen molar-refractivity contribution < 1.29 is 4.74 Å². The third kappa shape index (κ3) is 3.97. The fourth-order valence-corrected chi connectivity index (χ4v) is 4.00. The van der Waals surface area contributed by atoms with Crippen LogP contribution in [-0.2, 0) is 0 Å². The molecule has 0 saturated carbocycles. The average molecular weight is 412 g/mol. The molecule has 156 valence electrons. The topological polar surface area (TPSA) is 53.5 Å². The molecule has 1 saturated heterocycles. The van der Waals surface area contributed by atoms with Crippen LogP contribution in [0.5, 0.6) is 5.75 Å². The summed E-state index contributed by atoms with van der Waals surface area (Å²) in [6, 6.07) is 26.5. The Balaban J connectivity index is 1.41. The first-order valence-electron chi connectivity index (χ1n) is 10.5. The lowest BCUT2D eigenvalue weighted by atomic mass is 10.2. The van der Waals surface area contributed by atoms with E-state index in [1.807, 2.05) is 60.7 Å². The molecule has 0 amide bonds. The van der Waals surface area contributed by atoms with E-state index in [1.165, 1.54) is 0 Å². The van der Waals surface area contributed by atoms with Crippen molar-refractivity contribution in [3.63, 3.8) is 0 Å². The molecule has 0 bridgehead atoms. The van der Waals surface area contributed by atoms with Crippen LogP contribution < -0.4 is 19.9 Å². The zero-order chi connectivity index (χ0) is 21.0. The van der Waals surface area contributed by atoms with Gasteiger partial charge in [-0.25, -0.2) is 4.98 Å². The number of piperazine rings is 1. The molecule has 6 heteroatoms. The minimum atomic E-state index is 0.761. The number of aromatic nitrogens is 2. The van der Waals surface area contributed by atoms with Crippen LogP contribution in [0.15, 0.2) is 78.9 Å². The molecule has 1 N–H and O–H groups in total. The van der Waals surface area contributed by atoms with Crippen LogP contribution in [0.1, 0.15) is 0 Å². The standard InChI is InChI=1S/C25H25N5O/c1-31-23-14-8-7-13-22(23)29-15-17-30(18-16-29)25-27-21-12-6-5-11-20(21)24(28-25)26-19-9-3-2-4-10-19/h2-14H,15-18H2,1H3,(H,26,27,28). The molecular formula is C25H25N5O. The van der Waals surface area contributed by atoms with Crippen LogP contribution in [0.2, 0.25) is 0 Å². The molecule has 0 radical (unpaired) electrons.